The van der Waals surface area contributed by atoms with Crippen molar-refractivity contribution < 1.29 is 14.7 Å². The van der Waals surface area contributed by atoms with Crippen molar-refractivity contribution in [2.24, 2.45) is 0 Å². The number of aromatic carboxylic acids is 1. The number of nitrogens with one attached hydrogen (secondary N) is 2. The number of halogens is 2. The summed E-state index contributed by atoms with van der Waals surface area (Å²) in [7, 11) is 0. The Bertz CT molecular complexity index is 704. The number of anilines is 2. The van der Waals surface area contributed by atoms with Gasteiger partial charge in [0.2, 0.25) is 0 Å². The fourth-order valence-corrected chi connectivity index (χ4v) is 2.06. The summed E-state index contributed by atoms with van der Waals surface area (Å²) < 4.78 is 0. The molecule has 0 aliphatic rings. The number of carbonyl (C=O) groups excluding carboxylic acids is 1. The van der Waals surface area contributed by atoms with Gasteiger partial charge < -0.3 is 15.7 Å². The van der Waals surface area contributed by atoms with Crippen LogP contribution in [0.1, 0.15) is 10.4 Å². The third-order valence-electron chi connectivity index (χ3n) is 2.58. The molecule has 0 heterocycles. The van der Waals surface area contributed by atoms with Gasteiger partial charge in [-0.1, -0.05) is 35.3 Å². The number of carboxylic acid groups (broad SMARTS) is 1. The minimum absolute atomic E-state index is 0.0336. The minimum atomic E-state index is -1.13. The van der Waals surface area contributed by atoms with E-state index in [2.05, 4.69) is 10.6 Å². The van der Waals surface area contributed by atoms with Crippen molar-refractivity contribution >= 4 is 46.6 Å². The molecule has 2 aromatic carbocycles. The highest BCUT2D eigenvalue weighted by atomic mass is 35.5. The van der Waals surface area contributed by atoms with E-state index in [1.807, 2.05) is 0 Å². The number of urea groups is 1. The highest BCUT2D eigenvalue weighted by Gasteiger charge is 2.10. The van der Waals surface area contributed by atoms with Crippen molar-refractivity contribution in [1.29, 1.82) is 0 Å². The lowest BCUT2D eigenvalue weighted by atomic mass is 10.2. The Balaban J connectivity index is 2.08. The molecular weight excluding hydrogens is 315 g/mol. The Hall–Kier alpha value is -2.24. The van der Waals surface area contributed by atoms with Gasteiger partial charge in [-0.25, -0.2) is 9.59 Å². The van der Waals surface area contributed by atoms with E-state index in [0.717, 1.165) is 0 Å². The first-order valence-electron chi connectivity index (χ1n) is 5.83. The molecule has 0 unspecified atom stereocenters. The van der Waals surface area contributed by atoms with E-state index in [1.165, 1.54) is 18.2 Å². The first-order chi connectivity index (χ1) is 9.97. The lowest BCUT2D eigenvalue weighted by Gasteiger charge is -2.09. The number of amides is 2. The van der Waals surface area contributed by atoms with Crippen LogP contribution in [0.3, 0.4) is 0 Å². The smallest absolute Gasteiger partial charge is 0.337 e. The minimum Gasteiger partial charge on any atom is -0.478 e. The van der Waals surface area contributed by atoms with Gasteiger partial charge in [0.05, 0.1) is 21.3 Å². The van der Waals surface area contributed by atoms with Crippen LogP contribution in [0.2, 0.25) is 10.0 Å². The van der Waals surface area contributed by atoms with E-state index in [4.69, 9.17) is 28.3 Å². The molecule has 0 aliphatic heterocycles. The van der Waals surface area contributed by atoms with Crippen LogP contribution in [0.4, 0.5) is 16.2 Å². The van der Waals surface area contributed by atoms with E-state index in [1.54, 1.807) is 24.3 Å². The van der Waals surface area contributed by atoms with Crippen molar-refractivity contribution in [2.45, 2.75) is 0 Å². The van der Waals surface area contributed by atoms with Gasteiger partial charge in [0.15, 0.2) is 0 Å². The molecule has 2 amide bonds. The van der Waals surface area contributed by atoms with Crippen molar-refractivity contribution in [3.63, 3.8) is 0 Å². The predicted molar refractivity (Wildman–Crippen MR) is 82.5 cm³/mol. The second-order valence-electron chi connectivity index (χ2n) is 4.06. The molecule has 3 N–H and O–H groups in total. The van der Waals surface area contributed by atoms with Crippen LogP contribution in [-0.4, -0.2) is 17.1 Å². The SMILES string of the molecule is O=C(Nc1ccc(C(=O)O)c(Cl)c1)Nc1ccccc1Cl. The monoisotopic (exact) mass is 324 g/mol. The van der Waals surface area contributed by atoms with E-state index in [0.29, 0.717) is 16.4 Å². The van der Waals surface area contributed by atoms with Gasteiger partial charge in [-0.15, -0.1) is 0 Å². The number of rotatable bonds is 3. The Labute approximate surface area is 130 Å². The van der Waals surface area contributed by atoms with Gasteiger partial charge in [-0.2, -0.15) is 0 Å². The molecule has 0 radical (unpaired) electrons. The van der Waals surface area contributed by atoms with E-state index in [9.17, 15) is 9.59 Å². The average molecular weight is 325 g/mol. The molecule has 0 saturated heterocycles. The number of para-hydroxylation sites is 1. The summed E-state index contributed by atoms with van der Waals surface area (Å²) in [6, 6.07) is 10.4. The largest absolute Gasteiger partial charge is 0.478 e. The molecule has 2 rings (SSSR count). The summed E-state index contributed by atoms with van der Waals surface area (Å²) >= 11 is 11.7. The Morgan fingerprint density at radius 1 is 0.952 bits per heavy atom. The lowest BCUT2D eigenvalue weighted by Crippen LogP contribution is -2.19. The summed E-state index contributed by atoms with van der Waals surface area (Å²) in [6.07, 6.45) is 0. The first kappa shape index (κ1) is 15.2. The van der Waals surface area contributed by atoms with E-state index in [-0.39, 0.29) is 10.6 Å². The van der Waals surface area contributed by atoms with Crippen LogP contribution < -0.4 is 10.6 Å². The van der Waals surface area contributed by atoms with Gasteiger partial charge >= 0.3 is 12.0 Å². The predicted octanol–water partition coefficient (Wildman–Crippen LogP) is 4.34. The molecule has 0 aliphatic carbocycles. The maximum absolute atomic E-state index is 11.8. The van der Waals surface area contributed by atoms with Crippen LogP contribution in [0.15, 0.2) is 42.5 Å². The Kier molecular flexibility index (Phi) is 4.67. The van der Waals surface area contributed by atoms with Gasteiger partial charge in [0.25, 0.3) is 0 Å². The molecule has 0 spiro atoms. The molecule has 7 heteroatoms. The molecule has 21 heavy (non-hydrogen) atoms. The van der Waals surface area contributed by atoms with Crippen molar-refractivity contribution in [1.82, 2.24) is 0 Å². The molecular formula is C14H10Cl2N2O3. The standard InChI is InChI=1S/C14H10Cl2N2O3/c15-10-3-1-2-4-12(10)18-14(21)17-8-5-6-9(13(19)20)11(16)7-8/h1-7H,(H,19,20)(H2,17,18,21). The van der Waals surface area contributed by atoms with Crippen LogP contribution >= 0.6 is 23.2 Å². The summed E-state index contributed by atoms with van der Waals surface area (Å²) in [5.41, 5.74) is 0.799. The van der Waals surface area contributed by atoms with Crippen molar-refractivity contribution in [3.8, 4) is 0 Å². The summed E-state index contributed by atoms with van der Waals surface area (Å²) in [5.74, 6) is -1.13. The zero-order chi connectivity index (χ0) is 15.4. The average Bonchev–Trinajstić information content (AvgIpc) is 2.41. The zero-order valence-electron chi connectivity index (χ0n) is 10.6. The molecule has 2 aromatic rings. The molecule has 0 aromatic heterocycles. The maximum Gasteiger partial charge on any atom is 0.337 e. The van der Waals surface area contributed by atoms with Gasteiger partial charge in [0.1, 0.15) is 0 Å². The lowest BCUT2D eigenvalue weighted by molar-refractivity contribution is 0.0697. The first-order valence-corrected chi connectivity index (χ1v) is 6.58. The highest BCUT2D eigenvalue weighted by Crippen LogP contribution is 2.23. The Morgan fingerprint density at radius 2 is 1.67 bits per heavy atom. The van der Waals surface area contributed by atoms with Crippen molar-refractivity contribution in [2.75, 3.05) is 10.6 Å². The maximum atomic E-state index is 11.8. The number of benzene rings is 2. The number of carbonyl (C=O) groups is 2. The number of hydrogen-bond acceptors (Lipinski definition) is 2. The third kappa shape index (κ3) is 3.87. The van der Waals surface area contributed by atoms with Crippen LogP contribution in [0, 0.1) is 0 Å². The molecule has 0 saturated carbocycles. The summed E-state index contributed by atoms with van der Waals surface area (Å²) in [6.45, 7) is 0. The summed E-state index contributed by atoms with van der Waals surface area (Å²) in [4.78, 5) is 22.7. The molecule has 0 fully saturated rings. The second-order valence-corrected chi connectivity index (χ2v) is 4.87. The molecule has 108 valence electrons. The van der Waals surface area contributed by atoms with Gasteiger partial charge in [-0.3, -0.25) is 0 Å². The molecule has 5 nitrogen and oxygen atoms in total. The van der Waals surface area contributed by atoms with E-state index < -0.39 is 12.0 Å². The second kappa shape index (κ2) is 6.47. The van der Waals surface area contributed by atoms with E-state index >= 15 is 0 Å². The molecule has 0 atom stereocenters. The fraction of sp³-hybridized carbons (Fsp3) is 0. The van der Waals surface area contributed by atoms with Crippen LogP contribution in [-0.2, 0) is 0 Å². The normalized spacial score (nSPS) is 10.0. The topological polar surface area (TPSA) is 78.4 Å². The quantitative estimate of drug-likeness (QED) is 0.785. The molecule has 0 bridgehead atoms. The Morgan fingerprint density at radius 3 is 2.29 bits per heavy atom. The van der Waals surface area contributed by atoms with Gasteiger partial charge in [0, 0.05) is 5.69 Å². The van der Waals surface area contributed by atoms with Crippen molar-refractivity contribution in [3.05, 3.63) is 58.1 Å². The van der Waals surface area contributed by atoms with Crippen LogP contribution in [0.25, 0.3) is 0 Å². The fourth-order valence-electron chi connectivity index (χ4n) is 1.61. The third-order valence-corrected chi connectivity index (χ3v) is 3.22. The van der Waals surface area contributed by atoms with Crippen LogP contribution in [0.5, 0.6) is 0 Å². The van der Waals surface area contributed by atoms with Gasteiger partial charge in [-0.05, 0) is 30.3 Å². The zero-order valence-corrected chi connectivity index (χ0v) is 12.1. The highest BCUT2D eigenvalue weighted by molar-refractivity contribution is 6.34. The number of hydrogen-bond donors (Lipinski definition) is 3. The summed E-state index contributed by atoms with van der Waals surface area (Å²) in [5, 5.41) is 14.4. The number of carboxylic acids is 1.